The summed E-state index contributed by atoms with van der Waals surface area (Å²) >= 11 is 0. The Hall–Kier alpha value is -3.60. The van der Waals surface area contributed by atoms with Gasteiger partial charge in [-0.2, -0.15) is 0 Å². The van der Waals surface area contributed by atoms with Gasteiger partial charge in [0.05, 0.1) is 0 Å². The first-order valence-electron chi connectivity index (χ1n) is 13.9. The third-order valence-electron chi connectivity index (χ3n) is 7.52. The van der Waals surface area contributed by atoms with Gasteiger partial charge in [0.2, 0.25) is 5.91 Å². The number of nitrogens with one attached hydrogen (secondary N) is 1. The van der Waals surface area contributed by atoms with Crippen LogP contribution >= 0.6 is 0 Å². The first-order chi connectivity index (χ1) is 18.5. The number of amides is 2. The Morgan fingerprint density at radius 2 is 1.58 bits per heavy atom. The second-order valence-electron chi connectivity index (χ2n) is 10.3. The highest BCUT2D eigenvalue weighted by Crippen LogP contribution is 2.21. The quantitative estimate of drug-likeness (QED) is 0.342. The van der Waals surface area contributed by atoms with E-state index < -0.39 is 6.04 Å². The summed E-state index contributed by atoms with van der Waals surface area (Å²) in [5, 5.41) is 3.29. The highest BCUT2D eigenvalue weighted by molar-refractivity contribution is 5.88. The summed E-state index contributed by atoms with van der Waals surface area (Å²) < 4.78 is 5.92. The van der Waals surface area contributed by atoms with Crippen LogP contribution in [0.15, 0.2) is 78.9 Å². The van der Waals surface area contributed by atoms with Gasteiger partial charge in [-0.3, -0.25) is 9.59 Å². The summed E-state index contributed by atoms with van der Waals surface area (Å²) in [6, 6.07) is 25.3. The molecule has 1 aliphatic rings. The molecule has 1 atom stereocenters. The zero-order chi connectivity index (χ0) is 26.7. The molecule has 2 amide bonds. The van der Waals surface area contributed by atoms with Crippen molar-refractivity contribution in [1.82, 2.24) is 10.2 Å². The predicted molar refractivity (Wildman–Crippen MR) is 152 cm³/mol. The van der Waals surface area contributed by atoms with Gasteiger partial charge in [-0.15, -0.1) is 0 Å². The van der Waals surface area contributed by atoms with E-state index >= 15 is 0 Å². The number of aryl methyl sites for hydroxylation is 2. The van der Waals surface area contributed by atoms with Crippen LogP contribution in [-0.2, 0) is 29.0 Å². The first-order valence-corrected chi connectivity index (χ1v) is 13.9. The van der Waals surface area contributed by atoms with Crippen molar-refractivity contribution in [1.29, 1.82) is 0 Å². The largest absolute Gasteiger partial charge is 0.484 e. The first kappa shape index (κ1) is 27.4. The van der Waals surface area contributed by atoms with Crippen molar-refractivity contribution in [2.45, 2.75) is 77.4 Å². The topological polar surface area (TPSA) is 58.6 Å². The fourth-order valence-corrected chi connectivity index (χ4v) is 5.12. The molecule has 0 saturated heterocycles. The van der Waals surface area contributed by atoms with Gasteiger partial charge in [0.25, 0.3) is 5.91 Å². The molecule has 4 rings (SSSR count). The van der Waals surface area contributed by atoms with Crippen LogP contribution < -0.4 is 10.1 Å². The molecule has 5 heteroatoms. The van der Waals surface area contributed by atoms with E-state index in [2.05, 4.69) is 12.2 Å². The summed E-state index contributed by atoms with van der Waals surface area (Å²) in [5.41, 5.74) is 4.35. The van der Waals surface area contributed by atoms with E-state index in [-0.39, 0.29) is 24.5 Å². The van der Waals surface area contributed by atoms with Gasteiger partial charge in [-0.05, 0) is 60.6 Å². The average molecular weight is 513 g/mol. The smallest absolute Gasteiger partial charge is 0.261 e. The number of benzene rings is 3. The molecule has 3 aromatic rings. The number of hydrogen-bond donors (Lipinski definition) is 1. The minimum Gasteiger partial charge on any atom is -0.484 e. The molecule has 0 aliphatic heterocycles. The Balaban J connectivity index is 1.60. The standard InChI is InChI=1S/C33H40N2O3/c1-3-26-18-20-30(21-19-26)38-24-32(36)35(23-28-15-11-10-12-25(28)2)31(22-27-13-6-4-7-14-27)33(37)34-29-16-8-5-9-17-29/h4,6-7,10-15,18-21,29,31H,3,5,8-9,16-17,22-24H2,1-2H3,(H,34,37). The minimum atomic E-state index is -0.641. The Bertz CT molecular complexity index is 1170. The fraction of sp³-hybridized carbons (Fsp3) is 0.394. The molecule has 1 fully saturated rings. The molecule has 1 saturated carbocycles. The Morgan fingerprint density at radius 3 is 2.26 bits per heavy atom. The van der Waals surface area contributed by atoms with Crippen LogP contribution in [0.3, 0.4) is 0 Å². The number of carbonyl (C=O) groups is 2. The molecule has 3 aromatic carbocycles. The van der Waals surface area contributed by atoms with Crippen LogP contribution in [-0.4, -0.2) is 35.4 Å². The fourth-order valence-electron chi connectivity index (χ4n) is 5.12. The van der Waals surface area contributed by atoms with Gasteiger partial charge in [0, 0.05) is 19.0 Å². The second-order valence-corrected chi connectivity index (χ2v) is 10.3. The molecule has 1 N–H and O–H groups in total. The molecular formula is C33H40N2O3. The summed E-state index contributed by atoms with van der Waals surface area (Å²) in [6.07, 6.45) is 6.85. The lowest BCUT2D eigenvalue weighted by atomic mass is 9.94. The van der Waals surface area contributed by atoms with E-state index in [9.17, 15) is 9.59 Å². The van der Waals surface area contributed by atoms with Gasteiger partial charge in [0.1, 0.15) is 11.8 Å². The number of carbonyl (C=O) groups excluding carboxylic acids is 2. The van der Waals surface area contributed by atoms with E-state index in [0.29, 0.717) is 18.7 Å². The molecule has 1 unspecified atom stereocenters. The molecule has 0 bridgehead atoms. The summed E-state index contributed by atoms with van der Waals surface area (Å²) in [7, 11) is 0. The summed E-state index contributed by atoms with van der Waals surface area (Å²) in [5.74, 6) is 0.361. The Labute approximate surface area is 227 Å². The number of hydrogen-bond acceptors (Lipinski definition) is 3. The van der Waals surface area contributed by atoms with Crippen molar-refractivity contribution in [2.24, 2.45) is 0 Å². The molecule has 1 aliphatic carbocycles. The average Bonchev–Trinajstić information content (AvgIpc) is 2.96. The third kappa shape index (κ3) is 7.70. The van der Waals surface area contributed by atoms with E-state index in [1.54, 1.807) is 4.90 Å². The third-order valence-corrected chi connectivity index (χ3v) is 7.52. The van der Waals surface area contributed by atoms with Gasteiger partial charge in [-0.1, -0.05) is 92.9 Å². The van der Waals surface area contributed by atoms with Crippen LogP contribution in [0.5, 0.6) is 5.75 Å². The van der Waals surface area contributed by atoms with Crippen molar-refractivity contribution in [2.75, 3.05) is 6.61 Å². The van der Waals surface area contributed by atoms with Crippen molar-refractivity contribution < 1.29 is 14.3 Å². The Morgan fingerprint density at radius 1 is 0.895 bits per heavy atom. The predicted octanol–water partition coefficient (Wildman–Crippen LogP) is 6.03. The number of ether oxygens (including phenoxy) is 1. The molecule has 0 radical (unpaired) electrons. The molecular weight excluding hydrogens is 472 g/mol. The van der Waals surface area contributed by atoms with E-state index in [4.69, 9.17) is 4.74 Å². The molecule has 38 heavy (non-hydrogen) atoms. The lowest BCUT2D eigenvalue weighted by Gasteiger charge is -2.33. The van der Waals surface area contributed by atoms with Crippen LogP contribution in [0.4, 0.5) is 0 Å². The lowest BCUT2D eigenvalue weighted by molar-refractivity contribution is -0.143. The van der Waals surface area contributed by atoms with Crippen molar-refractivity contribution in [3.63, 3.8) is 0 Å². The number of rotatable bonds is 11. The van der Waals surface area contributed by atoms with E-state index in [1.165, 1.54) is 12.0 Å². The summed E-state index contributed by atoms with van der Waals surface area (Å²) in [4.78, 5) is 29.4. The molecule has 200 valence electrons. The normalized spacial score (nSPS) is 14.5. The highest BCUT2D eigenvalue weighted by atomic mass is 16.5. The van der Waals surface area contributed by atoms with Crippen LogP contribution in [0.1, 0.15) is 61.3 Å². The maximum absolute atomic E-state index is 13.8. The second kappa shape index (κ2) is 13.8. The minimum absolute atomic E-state index is 0.0880. The van der Waals surface area contributed by atoms with Crippen molar-refractivity contribution in [3.8, 4) is 5.75 Å². The number of nitrogens with zero attached hydrogens (tertiary/aromatic N) is 1. The zero-order valence-electron chi connectivity index (χ0n) is 22.7. The highest BCUT2D eigenvalue weighted by Gasteiger charge is 2.32. The van der Waals surface area contributed by atoms with Crippen molar-refractivity contribution in [3.05, 3.63) is 101 Å². The van der Waals surface area contributed by atoms with Crippen molar-refractivity contribution >= 4 is 11.8 Å². The van der Waals surface area contributed by atoms with E-state index in [1.807, 2.05) is 85.8 Å². The Kier molecular flexibility index (Phi) is 9.97. The van der Waals surface area contributed by atoms with Crippen LogP contribution in [0.2, 0.25) is 0 Å². The van der Waals surface area contributed by atoms with Crippen LogP contribution in [0.25, 0.3) is 0 Å². The van der Waals surface area contributed by atoms with Crippen LogP contribution in [0, 0.1) is 6.92 Å². The maximum atomic E-state index is 13.8. The SMILES string of the molecule is CCc1ccc(OCC(=O)N(Cc2ccccc2C)C(Cc2ccccc2)C(=O)NC2CCCCC2)cc1. The summed E-state index contributed by atoms with van der Waals surface area (Å²) in [6.45, 7) is 4.37. The molecule has 5 nitrogen and oxygen atoms in total. The maximum Gasteiger partial charge on any atom is 0.261 e. The van der Waals surface area contributed by atoms with Gasteiger partial charge < -0.3 is 15.0 Å². The van der Waals surface area contributed by atoms with Gasteiger partial charge >= 0.3 is 0 Å². The zero-order valence-corrected chi connectivity index (χ0v) is 22.7. The van der Waals surface area contributed by atoms with E-state index in [0.717, 1.165) is 48.8 Å². The molecule has 0 aromatic heterocycles. The molecule has 0 spiro atoms. The molecule has 0 heterocycles. The monoisotopic (exact) mass is 512 g/mol. The van der Waals surface area contributed by atoms with Gasteiger partial charge in [-0.25, -0.2) is 0 Å². The van der Waals surface area contributed by atoms with Gasteiger partial charge in [0.15, 0.2) is 6.61 Å². The lowest BCUT2D eigenvalue weighted by Crippen LogP contribution is -2.53.